The normalized spacial score (nSPS) is 10.6. The Morgan fingerprint density at radius 3 is 2.52 bits per heavy atom. The van der Waals surface area contributed by atoms with E-state index in [1.54, 1.807) is 19.6 Å². The Balaban J connectivity index is 1.76. The third kappa shape index (κ3) is 4.33. The highest BCUT2D eigenvalue weighted by Gasteiger charge is 2.16. The lowest BCUT2D eigenvalue weighted by Gasteiger charge is -2.23. The molecular weight excluding hydrogens is 314 g/mol. The first-order chi connectivity index (χ1) is 12.3. The second kappa shape index (κ2) is 8.26. The molecule has 0 bridgehead atoms. The molecule has 5 nitrogen and oxygen atoms in total. The van der Waals surface area contributed by atoms with Crippen molar-refractivity contribution >= 4 is 5.91 Å². The smallest absolute Gasteiger partial charge is 0.254 e. The Hall–Kier alpha value is -2.92. The summed E-state index contributed by atoms with van der Waals surface area (Å²) in [6.45, 7) is 1.62. The molecule has 0 radical (unpaired) electrons. The molecule has 0 N–H and O–H groups in total. The molecule has 3 rings (SSSR count). The minimum Gasteiger partial charge on any atom is -0.383 e. The van der Waals surface area contributed by atoms with Crippen LogP contribution in [-0.4, -0.2) is 40.6 Å². The van der Waals surface area contributed by atoms with Crippen LogP contribution in [0.5, 0.6) is 0 Å². The zero-order valence-corrected chi connectivity index (χ0v) is 14.2. The molecule has 5 heteroatoms. The van der Waals surface area contributed by atoms with Crippen molar-refractivity contribution < 1.29 is 9.53 Å². The van der Waals surface area contributed by atoms with E-state index in [0.717, 1.165) is 11.3 Å². The second-order valence-corrected chi connectivity index (χ2v) is 5.72. The summed E-state index contributed by atoms with van der Waals surface area (Å²) >= 11 is 0. The number of hydrogen-bond acceptors (Lipinski definition) is 3. The van der Waals surface area contributed by atoms with Crippen molar-refractivity contribution in [3.05, 3.63) is 84.4 Å². The summed E-state index contributed by atoms with van der Waals surface area (Å²) in [4.78, 5) is 18.8. The summed E-state index contributed by atoms with van der Waals surface area (Å²) in [6, 6.07) is 17.5. The van der Waals surface area contributed by atoms with Crippen LogP contribution in [0.15, 0.2) is 73.3 Å². The first-order valence-electron chi connectivity index (χ1n) is 8.18. The monoisotopic (exact) mass is 335 g/mol. The van der Waals surface area contributed by atoms with Crippen LogP contribution in [0.2, 0.25) is 0 Å². The number of aromatic nitrogens is 2. The maximum Gasteiger partial charge on any atom is 0.254 e. The highest BCUT2D eigenvalue weighted by atomic mass is 16.5. The van der Waals surface area contributed by atoms with E-state index >= 15 is 0 Å². The summed E-state index contributed by atoms with van der Waals surface area (Å²) in [5.74, 6) is -0.00177. The fourth-order valence-electron chi connectivity index (χ4n) is 2.63. The maximum atomic E-state index is 12.9. The van der Waals surface area contributed by atoms with Crippen LogP contribution < -0.4 is 0 Å². The van der Waals surface area contributed by atoms with E-state index in [1.165, 1.54) is 0 Å². The van der Waals surface area contributed by atoms with Gasteiger partial charge in [0.05, 0.1) is 12.9 Å². The standard InChI is InChI=1S/C20H21N3O2/c1-25-14-13-22(15-17-5-3-2-4-6-17)20(24)18-7-9-19(10-8-18)23-12-11-21-16-23/h2-12,16H,13-15H2,1H3. The van der Waals surface area contributed by atoms with Crippen LogP contribution in [0, 0.1) is 0 Å². The third-order valence-corrected chi connectivity index (χ3v) is 3.99. The van der Waals surface area contributed by atoms with E-state index in [1.807, 2.05) is 70.3 Å². The molecule has 128 valence electrons. The van der Waals surface area contributed by atoms with E-state index in [4.69, 9.17) is 4.74 Å². The lowest BCUT2D eigenvalue weighted by atomic mass is 10.1. The van der Waals surface area contributed by atoms with Crippen LogP contribution >= 0.6 is 0 Å². The zero-order valence-electron chi connectivity index (χ0n) is 14.2. The minimum atomic E-state index is -0.00177. The van der Waals surface area contributed by atoms with Gasteiger partial charge < -0.3 is 14.2 Å². The zero-order chi connectivity index (χ0) is 17.5. The summed E-state index contributed by atoms with van der Waals surface area (Å²) in [5, 5.41) is 0. The average molecular weight is 335 g/mol. The number of carbonyl (C=O) groups excluding carboxylic acids is 1. The van der Waals surface area contributed by atoms with Gasteiger partial charge in [-0.25, -0.2) is 4.98 Å². The number of ether oxygens (including phenoxy) is 1. The number of amides is 1. The molecular formula is C20H21N3O2. The van der Waals surface area contributed by atoms with Crippen LogP contribution in [0.3, 0.4) is 0 Å². The Labute approximate surface area is 147 Å². The van der Waals surface area contributed by atoms with E-state index in [9.17, 15) is 4.79 Å². The van der Waals surface area contributed by atoms with Crippen LogP contribution in [-0.2, 0) is 11.3 Å². The van der Waals surface area contributed by atoms with Gasteiger partial charge in [0.2, 0.25) is 0 Å². The molecule has 0 aliphatic heterocycles. The molecule has 0 unspecified atom stereocenters. The molecule has 0 fully saturated rings. The predicted octanol–water partition coefficient (Wildman–Crippen LogP) is 3.16. The van der Waals surface area contributed by atoms with E-state index in [2.05, 4.69) is 4.98 Å². The van der Waals surface area contributed by atoms with Crippen molar-refractivity contribution in [2.75, 3.05) is 20.3 Å². The first kappa shape index (κ1) is 16.9. The van der Waals surface area contributed by atoms with Crippen LogP contribution in [0.4, 0.5) is 0 Å². The molecule has 3 aromatic rings. The van der Waals surface area contributed by atoms with Gasteiger partial charge in [-0.15, -0.1) is 0 Å². The molecule has 0 atom stereocenters. The number of imidazole rings is 1. The Morgan fingerprint density at radius 1 is 1.12 bits per heavy atom. The van der Waals surface area contributed by atoms with Gasteiger partial charge in [-0.05, 0) is 29.8 Å². The van der Waals surface area contributed by atoms with Gasteiger partial charge in [0, 0.05) is 43.8 Å². The van der Waals surface area contributed by atoms with Gasteiger partial charge in [0.25, 0.3) is 5.91 Å². The quantitative estimate of drug-likeness (QED) is 0.666. The molecule has 2 aromatic carbocycles. The van der Waals surface area contributed by atoms with Gasteiger partial charge in [-0.2, -0.15) is 0 Å². The molecule has 0 saturated heterocycles. The second-order valence-electron chi connectivity index (χ2n) is 5.72. The van der Waals surface area contributed by atoms with Crippen molar-refractivity contribution in [1.82, 2.24) is 14.5 Å². The summed E-state index contributed by atoms with van der Waals surface area (Å²) in [7, 11) is 1.64. The molecule has 0 aliphatic carbocycles. The van der Waals surface area contributed by atoms with Gasteiger partial charge in [0.15, 0.2) is 0 Å². The summed E-state index contributed by atoms with van der Waals surface area (Å²) < 4.78 is 7.06. The van der Waals surface area contributed by atoms with Gasteiger partial charge in [-0.3, -0.25) is 4.79 Å². The van der Waals surface area contributed by atoms with E-state index in [0.29, 0.717) is 25.3 Å². The predicted molar refractivity (Wildman–Crippen MR) is 96.6 cm³/mol. The molecule has 0 aliphatic rings. The number of nitrogens with zero attached hydrogens (tertiary/aromatic N) is 3. The van der Waals surface area contributed by atoms with E-state index < -0.39 is 0 Å². The lowest BCUT2D eigenvalue weighted by Crippen LogP contribution is -2.33. The van der Waals surface area contributed by atoms with Crippen molar-refractivity contribution in [2.45, 2.75) is 6.54 Å². The van der Waals surface area contributed by atoms with Gasteiger partial charge in [-0.1, -0.05) is 30.3 Å². The summed E-state index contributed by atoms with van der Waals surface area (Å²) in [6.07, 6.45) is 5.33. The van der Waals surface area contributed by atoms with Crippen molar-refractivity contribution in [2.24, 2.45) is 0 Å². The lowest BCUT2D eigenvalue weighted by molar-refractivity contribution is 0.0680. The topological polar surface area (TPSA) is 47.4 Å². The maximum absolute atomic E-state index is 12.9. The Bertz CT molecular complexity index is 784. The first-order valence-corrected chi connectivity index (χ1v) is 8.18. The number of hydrogen-bond donors (Lipinski definition) is 0. The largest absolute Gasteiger partial charge is 0.383 e. The average Bonchev–Trinajstić information content (AvgIpc) is 3.20. The van der Waals surface area contributed by atoms with Gasteiger partial charge >= 0.3 is 0 Å². The fourth-order valence-corrected chi connectivity index (χ4v) is 2.63. The highest BCUT2D eigenvalue weighted by molar-refractivity contribution is 5.94. The van der Waals surface area contributed by atoms with Crippen molar-refractivity contribution in [3.8, 4) is 5.69 Å². The van der Waals surface area contributed by atoms with Gasteiger partial charge in [0.1, 0.15) is 0 Å². The third-order valence-electron chi connectivity index (χ3n) is 3.99. The van der Waals surface area contributed by atoms with E-state index in [-0.39, 0.29) is 5.91 Å². The molecule has 1 aromatic heterocycles. The number of carbonyl (C=O) groups is 1. The van der Waals surface area contributed by atoms with Crippen molar-refractivity contribution in [3.63, 3.8) is 0 Å². The SMILES string of the molecule is COCCN(Cc1ccccc1)C(=O)c1ccc(-n2ccnc2)cc1. The molecule has 0 spiro atoms. The van der Waals surface area contributed by atoms with Crippen LogP contribution in [0.1, 0.15) is 15.9 Å². The fraction of sp³-hybridized carbons (Fsp3) is 0.200. The molecule has 1 amide bonds. The number of methoxy groups -OCH3 is 1. The summed E-state index contributed by atoms with van der Waals surface area (Å²) in [5.41, 5.74) is 2.73. The van der Waals surface area contributed by atoms with Crippen molar-refractivity contribution in [1.29, 1.82) is 0 Å². The minimum absolute atomic E-state index is 0.00177. The Kier molecular flexibility index (Phi) is 5.59. The number of rotatable bonds is 7. The van der Waals surface area contributed by atoms with Crippen LogP contribution in [0.25, 0.3) is 5.69 Å². The molecule has 0 saturated carbocycles. The Morgan fingerprint density at radius 2 is 1.88 bits per heavy atom. The highest BCUT2D eigenvalue weighted by Crippen LogP contribution is 2.13. The molecule has 1 heterocycles. The molecule has 25 heavy (non-hydrogen) atoms. The number of benzene rings is 2.